The molecule has 0 saturated heterocycles. The van der Waals surface area contributed by atoms with E-state index in [1.165, 1.54) is 19.2 Å². The van der Waals surface area contributed by atoms with Crippen molar-refractivity contribution in [3.63, 3.8) is 0 Å². The summed E-state index contributed by atoms with van der Waals surface area (Å²) in [5.74, 6) is -1.61. The van der Waals surface area contributed by atoms with Gasteiger partial charge in [-0.2, -0.15) is 0 Å². The van der Waals surface area contributed by atoms with E-state index in [1.807, 2.05) is 43.4 Å². The third kappa shape index (κ3) is 6.37. The number of hydrogen-bond donors (Lipinski definition) is 2. The Hall–Kier alpha value is -2.25. The molecule has 0 unspecified atom stereocenters. The SMILES string of the molecule is CCn1c(=O)c(C(=O)NOCCOC(C)(C)C)c(Nc2ccc(I)cc2F)n(C)c1=O. The molecule has 1 amide bonds. The number of hydroxylamine groups is 1. The van der Waals surface area contributed by atoms with Crippen LogP contribution in [0, 0.1) is 9.39 Å². The van der Waals surface area contributed by atoms with Crippen LogP contribution in [0.25, 0.3) is 0 Å². The number of aromatic nitrogens is 2. The Morgan fingerprint density at radius 1 is 1.23 bits per heavy atom. The maximum atomic E-state index is 14.4. The molecule has 0 aliphatic heterocycles. The molecule has 0 saturated carbocycles. The van der Waals surface area contributed by atoms with Crippen LogP contribution < -0.4 is 22.0 Å². The first kappa shape index (κ1) is 25.0. The van der Waals surface area contributed by atoms with Gasteiger partial charge in [0.25, 0.3) is 11.5 Å². The predicted octanol–water partition coefficient (Wildman–Crippen LogP) is 2.53. The molecule has 1 aromatic heterocycles. The van der Waals surface area contributed by atoms with E-state index in [0.717, 1.165) is 9.13 Å². The minimum absolute atomic E-state index is 0.0117. The fraction of sp³-hybridized carbons (Fsp3) is 0.450. The minimum Gasteiger partial charge on any atom is -0.373 e. The van der Waals surface area contributed by atoms with Gasteiger partial charge >= 0.3 is 5.69 Å². The highest BCUT2D eigenvalue weighted by Crippen LogP contribution is 2.22. The van der Waals surface area contributed by atoms with Gasteiger partial charge in [0.2, 0.25) is 0 Å². The molecule has 1 aromatic carbocycles. The summed E-state index contributed by atoms with van der Waals surface area (Å²) in [7, 11) is 1.38. The van der Waals surface area contributed by atoms with Gasteiger partial charge in [0.05, 0.1) is 24.5 Å². The van der Waals surface area contributed by atoms with Gasteiger partial charge in [-0.05, 0) is 68.5 Å². The molecule has 11 heteroatoms. The number of hydrogen-bond acceptors (Lipinski definition) is 6. The molecule has 1 heterocycles. The van der Waals surface area contributed by atoms with Crippen LogP contribution in [0.5, 0.6) is 0 Å². The van der Waals surface area contributed by atoms with Gasteiger partial charge in [0, 0.05) is 17.2 Å². The Kier molecular flexibility index (Phi) is 8.37. The van der Waals surface area contributed by atoms with E-state index < -0.39 is 23.0 Å². The molecule has 0 fully saturated rings. The van der Waals surface area contributed by atoms with Crippen molar-refractivity contribution in [2.24, 2.45) is 7.05 Å². The zero-order valence-electron chi connectivity index (χ0n) is 18.0. The Balaban J connectivity index is 2.38. The van der Waals surface area contributed by atoms with Crippen LogP contribution >= 0.6 is 22.6 Å². The van der Waals surface area contributed by atoms with Crippen LogP contribution in [0.15, 0.2) is 27.8 Å². The average molecular weight is 548 g/mol. The van der Waals surface area contributed by atoms with E-state index in [9.17, 15) is 18.8 Å². The van der Waals surface area contributed by atoms with Gasteiger partial charge in [-0.1, -0.05) is 0 Å². The molecule has 170 valence electrons. The Morgan fingerprint density at radius 2 is 1.90 bits per heavy atom. The molecule has 0 bridgehead atoms. The molecular formula is C20H26FIN4O5. The Bertz CT molecular complexity index is 1070. The second-order valence-electron chi connectivity index (χ2n) is 7.60. The normalized spacial score (nSPS) is 11.5. The summed E-state index contributed by atoms with van der Waals surface area (Å²) < 4.78 is 22.5. The largest absolute Gasteiger partial charge is 0.373 e. The monoisotopic (exact) mass is 548 g/mol. The van der Waals surface area contributed by atoms with Crippen LogP contribution in [-0.2, 0) is 23.2 Å². The van der Waals surface area contributed by atoms with E-state index in [1.54, 1.807) is 13.0 Å². The van der Waals surface area contributed by atoms with Crippen molar-refractivity contribution in [1.82, 2.24) is 14.6 Å². The Labute approximate surface area is 192 Å². The first-order valence-corrected chi connectivity index (χ1v) is 10.7. The zero-order valence-corrected chi connectivity index (χ0v) is 20.2. The van der Waals surface area contributed by atoms with Crippen molar-refractivity contribution in [2.45, 2.75) is 39.8 Å². The summed E-state index contributed by atoms with van der Waals surface area (Å²) in [6, 6.07) is 4.39. The van der Waals surface area contributed by atoms with Gasteiger partial charge in [0.1, 0.15) is 17.2 Å². The number of nitrogens with one attached hydrogen (secondary N) is 2. The Morgan fingerprint density at radius 3 is 2.48 bits per heavy atom. The highest BCUT2D eigenvalue weighted by Gasteiger charge is 2.24. The molecule has 2 aromatic rings. The van der Waals surface area contributed by atoms with Gasteiger partial charge in [-0.15, -0.1) is 0 Å². The smallest absolute Gasteiger partial charge is 0.332 e. The number of nitrogens with zero attached hydrogens (tertiary/aromatic N) is 2. The van der Waals surface area contributed by atoms with Crippen molar-refractivity contribution < 1.29 is 18.8 Å². The van der Waals surface area contributed by atoms with Gasteiger partial charge in [-0.3, -0.25) is 23.6 Å². The fourth-order valence-electron chi connectivity index (χ4n) is 2.67. The van der Waals surface area contributed by atoms with Gasteiger partial charge < -0.3 is 10.1 Å². The number of amides is 1. The van der Waals surface area contributed by atoms with E-state index in [2.05, 4.69) is 10.8 Å². The van der Waals surface area contributed by atoms with E-state index in [-0.39, 0.29) is 42.4 Å². The number of carbonyl (C=O) groups excluding carboxylic acids is 1. The summed E-state index contributed by atoms with van der Waals surface area (Å²) in [6.07, 6.45) is 0. The molecule has 0 spiro atoms. The maximum Gasteiger partial charge on any atom is 0.332 e. The van der Waals surface area contributed by atoms with Crippen LogP contribution in [0.1, 0.15) is 38.1 Å². The van der Waals surface area contributed by atoms with Crippen molar-refractivity contribution in [2.75, 3.05) is 18.5 Å². The quantitative estimate of drug-likeness (QED) is 0.299. The first-order valence-electron chi connectivity index (χ1n) is 9.58. The zero-order chi connectivity index (χ0) is 23.3. The average Bonchev–Trinajstić information content (AvgIpc) is 2.67. The molecule has 31 heavy (non-hydrogen) atoms. The molecular weight excluding hydrogens is 522 g/mol. The summed E-state index contributed by atoms with van der Waals surface area (Å²) in [6.45, 7) is 7.57. The van der Waals surface area contributed by atoms with E-state index >= 15 is 0 Å². The number of benzene rings is 1. The van der Waals surface area contributed by atoms with Crippen molar-refractivity contribution in [3.05, 3.63) is 54.0 Å². The van der Waals surface area contributed by atoms with Crippen LogP contribution in [0.3, 0.4) is 0 Å². The first-order chi connectivity index (χ1) is 14.5. The lowest BCUT2D eigenvalue weighted by Crippen LogP contribution is -2.44. The lowest BCUT2D eigenvalue weighted by atomic mass is 10.2. The van der Waals surface area contributed by atoms with Gasteiger partial charge in [0.15, 0.2) is 0 Å². The summed E-state index contributed by atoms with van der Waals surface area (Å²) in [4.78, 5) is 43.3. The minimum atomic E-state index is -0.869. The molecule has 2 N–H and O–H groups in total. The topological polar surface area (TPSA) is 104 Å². The molecule has 2 rings (SSSR count). The number of ether oxygens (including phenoxy) is 1. The highest BCUT2D eigenvalue weighted by atomic mass is 127. The third-order valence-corrected chi connectivity index (χ3v) is 4.83. The number of halogens is 2. The van der Waals surface area contributed by atoms with Crippen LogP contribution in [0.2, 0.25) is 0 Å². The maximum absolute atomic E-state index is 14.4. The second-order valence-corrected chi connectivity index (χ2v) is 8.85. The predicted molar refractivity (Wildman–Crippen MR) is 123 cm³/mol. The van der Waals surface area contributed by atoms with Gasteiger partial charge in [-0.25, -0.2) is 14.7 Å². The molecule has 0 atom stereocenters. The lowest BCUT2D eigenvalue weighted by Gasteiger charge is -2.19. The molecule has 0 radical (unpaired) electrons. The summed E-state index contributed by atoms with van der Waals surface area (Å²) in [5.41, 5.74) is 0.00477. The molecule has 0 aliphatic carbocycles. The van der Waals surface area contributed by atoms with Crippen LogP contribution in [-0.4, -0.2) is 33.9 Å². The molecule has 0 aliphatic rings. The third-order valence-electron chi connectivity index (χ3n) is 4.16. The fourth-order valence-corrected chi connectivity index (χ4v) is 3.13. The highest BCUT2D eigenvalue weighted by molar-refractivity contribution is 14.1. The number of rotatable bonds is 8. The second kappa shape index (κ2) is 10.4. The standard InChI is InChI=1S/C20H26FIN4O5/c1-6-26-18(28)15(17(27)24-31-10-9-30-20(2,3)4)16(25(5)19(26)29)23-14-8-7-12(22)11-13(14)21/h7-8,11,23H,6,9-10H2,1-5H3,(H,24,27). The van der Waals surface area contributed by atoms with Crippen molar-refractivity contribution in [3.8, 4) is 0 Å². The van der Waals surface area contributed by atoms with Crippen molar-refractivity contribution in [1.29, 1.82) is 0 Å². The summed E-state index contributed by atoms with van der Waals surface area (Å²) >= 11 is 1.96. The number of anilines is 2. The van der Waals surface area contributed by atoms with Crippen molar-refractivity contribution >= 4 is 40.0 Å². The lowest BCUT2D eigenvalue weighted by molar-refractivity contribution is -0.0511. The number of carbonyl (C=O) groups is 1. The van der Waals surface area contributed by atoms with Crippen LogP contribution in [0.4, 0.5) is 15.9 Å². The van der Waals surface area contributed by atoms with E-state index in [0.29, 0.717) is 3.57 Å². The summed E-state index contributed by atoms with van der Waals surface area (Å²) in [5, 5.41) is 2.70. The van der Waals surface area contributed by atoms with E-state index in [4.69, 9.17) is 9.57 Å². The molecule has 9 nitrogen and oxygen atoms in total.